The highest BCUT2D eigenvalue weighted by Crippen LogP contribution is 2.33. The Labute approximate surface area is 117 Å². The van der Waals surface area contributed by atoms with Crippen molar-refractivity contribution in [3.8, 4) is 0 Å². The average molecular weight is 279 g/mol. The van der Waals surface area contributed by atoms with E-state index in [1.807, 2.05) is 6.07 Å². The second kappa shape index (κ2) is 6.73. The lowest BCUT2D eigenvalue weighted by atomic mass is 10.1. The molecule has 1 aromatic carbocycles. The summed E-state index contributed by atoms with van der Waals surface area (Å²) >= 11 is 1.33. The van der Waals surface area contributed by atoms with Gasteiger partial charge < -0.3 is 10.3 Å². The van der Waals surface area contributed by atoms with Crippen molar-refractivity contribution in [1.29, 1.82) is 0 Å². The van der Waals surface area contributed by atoms with Crippen molar-refractivity contribution in [3.05, 3.63) is 42.0 Å². The van der Waals surface area contributed by atoms with Crippen LogP contribution in [0.1, 0.15) is 31.9 Å². The van der Waals surface area contributed by atoms with E-state index in [1.54, 1.807) is 18.5 Å². The van der Waals surface area contributed by atoms with Gasteiger partial charge in [0.05, 0.1) is 4.90 Å². The summed E-state index contributed by atoms with van der Waals surface area (Å²) in [6, 6.07) is 5.32. The van der Waals surface area contributed by atoms with Crippen molar-refractivity contribution in [1.82, 2.24) is 15.3 Å². The van der Waals surface area contributed by atoms with Crippen LogP contribution in [0.4, 0.5) is 4.39 Å². The second-order valence-corrected chi connectivity index (χ2v) is 5.33. The largest absolute Gasteiger partial charge is 0.339 e. The Kier molecular flexibility index (Phi) is 4.99. The minimum absolute atomic E-state index is 0.119. The fourth-order valence-electron chi connectivity index (χ4n) is 1.85. The quantitative estimate of drug-likeness (QED) is 0.846. The van der Waals surface area contributed by atoms with E-state index in [1.165, 1.54) is 17.8 Å². The topological polar surface area (TPSA) is 40.7 Å². The molecule has 2 N–H and O–H groups in total. The normalized spacial score (nSPS) is 12.6. The Hall–Kier alpha value is -1.33. The molecule has 0 amide bonds. The third-order valence-corrected chi connectivity index (χ3v) is 3.89. The average Bonchev–Trinajstić information content (AvgIpc) is 2.91. The van der Waals surface area contributed by atoms with Gasteiger partial charge in [-0.3, -0.25) is 0 Å². The summed E-state index contributed by atoms with van der Waals surface area (Å²) in [7, 11) is 0. The molecule has 2 rings (SSSR count). The molecule has 0 spiro atoms. The van der Waals surface area contributed by atoms with Crippen LogP contribution in [0.5, 0.6) is 0 Å². The zero-order chi connectivity index (χ0) is 13.7. The molecule has 5 heteroatoms. The number of nitrogens with zero attached hydrogens (tertiary/aromatic N) is 1. The van der Waals surface area contributed by atoms with Gasteiger partial charge in [-0.05, 0) is 43.3 Å². The fraction of sp³-hybridized carbons (Fsp3) is 0.357. The summed E-state index contributed by atoms with van der Waals surface area (Å²) in [5, 5.41) is 4.09. The molecule has 1 heterocycles. The molecule has 0 radical (unpaired) electrons. The van der Waals surface area contributed by atoms with Crippen LogP contribution in [-0.4, -0.2) is 16.5 Å². The smallest absolute Gasteiger partial charge is 0.170 e. The molecule has 0 aliphatic carbocycles. The molecule has 0 aliphatic rings. The number of imidazole rings is 1. The highest BCUT2D eigenvalue weighted by atomic mass is 32.2. The number of aromatic amines is 1. The number of aromatic nitrogens is 2. The molecular formula is C14H18FN3S. The third kappa shape index (κ3) is 3.58. The van der Waals surface area contributed by atoms with Gasteiger partial charge in [0, 0.05) is 18.4 Å². The monoisotopic (exact) mass is 279 g/mol. The number of nitrogens with one attached hydrogen (secondary N) is 2. The van der Waals surface area contributed by atoms with Gasteiger partial charge in [0.15, 0.2) is 5.16 Å². The maximum absolute atomic E-state index is 14.0. The first-order valence-corrected chi connectivity index (χ1v) is 7.23. The van der Waals surface area contributed by atoms with Crippen molar-refractivity contribution in [2.24, 2.45) is 0 Å². The van der Waals surface area contributed by atoms with E-state index in [4.69, 9.17) is 0 Å². The standard InChI is InChI=1S/C14H18FN3S/c1-3-7-16-10(2)11-5-4-6-12(15)13(11)19-14-17-8-9-18-14/h4-6,8-10,16H,3,7H2,1-2H3,(H,17,18). The van der Waals surface area contributed by atoms with E-state index in [-0.39, 0.29) is 11.9 Å². The van der Waals surface area contributed by atoms with Gasteiger partial charge in [0.25, 0.3) is 0 Å². The number of halogens is 1. The van der Waals surface area contributed by atoms with Crippen LogP contribution in [0.3, 0.4) is 0 Å². The van der Waals surface area contributed by atoms with Crippen molar-refractivity contribution in [2.75, 3.05) is 6.54 Å². The molecule has 19 heavy (non-hydrogen) atoms. The summed E-state index contributed by atoms with van der Waals surface area (Å²) < 4.78 is 14.0. The molecule has 102 valence electrons. The van der Waals surface area contributed by atoms with Crippen LogP contribution in [0, 0.1) is 5.82 Å². The number of benzene rings is 1. The first-order valence-electron chi connectivity index (χ1n) is 6.41. The lowest BCUT2D eigenvalue weighted by Crippen LogP contribution is -2.20. The van der Waals surface area contributed by atoms with Gasteiger partial charge in [-0.25, -0.2) is 9.37 Å². The number of rotatable bonds is 6. The van der Waals surface area contributed by atoms with Gasteiger partial charge in [-0.15, -0.1) is 0 Å². The summed E-state index contributed by atoms with van der Waals surface area (Å²) in [4.78, 5) is 7.76. The van der Waals surface area contributed by atoms with Crippen LogP contribution in [0.15, 0.2) is 40.6 Å². The van der Waals surface area contributed by atoms with E-state index in [2.05, 4.69) is 29.1 Å². The van der Waals surface area contributed by atoms with Crippen LogP contribution < -0.4 is 5.32 Å². The van der Waals surface area contributed by atoms with Gasteiger partial charge >= 0.3 is 0 Å². The van der Waals surface area contributed by atoms with Crippen LogP contribution in [-0.2, 0) is 0 Å². The molecule has 0 saturated heterocycles. The lowest BCUT2D eigenvalue weighted by molar-refractivity contribution is 0.543. The Bertz CT molecular complexity index is 513. The summed E-state index contributed by atoms with van der Waals surface area (Å²) in [5.74, 6) is -0.205. The zero-order valence-electron chi connectivity index (χ0n) is 11.1. The second-order valence-electron chi connectivity index (χ2n) is 4.33. The van der Waals surface area contributed by atoms with Gasteiger partial charge in [0.2, 0.25) is 0 Å². The Morgan fingerprint density at radius 3 is 3.00 bits per heavy atom. The van der Waals surface area contributed by atoms with Gasteiger partial charge in [-0.1, -0.05) is 19.1 Å². The van der Waals surface area contributed by atoms with Gasteiger partial charge in [-0.2, -0.15) is 0 Å². The molecule has 1 atom stereocenters. The van der Waals surface area contributed by atoms with Crippen LogP contribution in [0.25, 0.3) is 0 Å². The van der Waals surface area contributed by atoms with E-state index < -0.39 is 0 Å². The Morgan fingerprint density at radius 1 is 1.47 bits per heavy atom. The number of H-pyrrole nitrogens is 1. The SMILES string of the molecule is CCCNC(C)c1cccc(F)c1Sc1ncc[nH]1. The molecule has 0 saturated carbocycles. The predicted octanol–water partition coefficient (Wildman–Crippen LogP) is 3.76. The first-order chi connectivity index (χ1) is 9.22. The Balaban J connectivity index is 2.25. The van der Waals surface area contributed by atoms with Gasteiger partial charge in [0.1, 0.15) is 5.82 Å². The molecule has 0 aliphatic heterocycles. The van der Waals surface area contributed by atoms with Crippen LogP contribution in [0.2, 0.25) is 0 Å². The Morgan fingerprint density at radius 2 is 2.32 bits per heavy atom. The fourth-order valence-corrected chi connectivity index (χ4v) is 2.81. The molecule has 3 nitrogen and oxygen atoms in total. The van der Waals surface area contributed by atoms with Crippen molar-refractivity contribution >= 4 is 11.8 Å². The number of hydrogen-bond donors (Lipinski definition) is 2. The van der Waals surface area contributed by atoms with E-state index in [0.29, 0.717) is 10.1 Å². The zero-order valence-corrected chi connectivity index (χ0v) is 11.9. The van der Waals surface area contributed by atoms with E-state index in [9.17, 15) is 4.39 Å². The lowest BCUT2D eigenvalue weighted by Gasteiger charge is -2.17. The third-order valence-electron chi connectivity index (χ3n) is 2.84. The molecule has 2 aromatic rings. The van der Waals surface area contributed by atoms with Crippen molar-refractivity contribution in [3.63, 3.8) is 0 Å². The van der Waals surface area contributed by atoms with Crippen molar-refractivity contribution < 1.29 is 4.39 Å². The highest BCUT2D eigenvalue weighted by Gasteiger charge is 2.15. The van der Waals surface area contributed by atoms with E-state index in [0.717, 1.165) is 18.5 Å². The maximum Gasteiger partial charge on any atom is 0.170 e. The molecule has 0 fully saturated rings. The summed E-state index contributed by atoms with van der Waals surface area (Å²) in [6.45, 7) is 5.09. The molecular weight excluding hydrogens is 261 g/mol. The molecule has 1 unspecified atom stereocenters. The summed E-state index contributed by atoms with van der Waals surface area (Å²) in [5.41, 5.74) is 0.967. The minimum atomic E-state index is -0.205. The minimum Gasteiger partial charge on any atom is -0.339 e. The first kappa shape index (κ1) is 14.1. The molecule has 0 bridgehead atoms. The maximum atomic E-state index is 14.0. The van der Waals surface area contributed by atoms with E-state index >= 15 is 0 Å². The number of hydrogen-bond acceptors (Lipinski definition) is 3. The predicted molar refractivity (Wildman–Crippen MR) is 75.8 cm³/mol. The summed E-state index contributed by atoms with van der Waals surface area (Å²) in [6.07, 6.45) is 4.46. The van der Waals surface area contributed by atoms with Crippen molar-refractivity contribution in [2.45, 2.75) is 36.4 Å². The highest BCUT2D eigenvalue weighted by molar-refractivity contribution is 7.99. The van der Waals surface area contributed by atoms with Crippen LogP contribution >= 0.6 is 11.8 Å². The molecule has 1 aromatic heterocycles.